The molecule has 3 rings (SSSR count). The molecule has 0 saturated heterocycles. The van der Waals surface area contributed by atoms with E-state index in [9.17, 15) is 13.2 Å². The van der Waals surface area contributed by atoms with E-state index in [1.54, 1.807) is 23.1 Å². The SMILES string of the molecule is CC(=O)N1CCCc2cc(NS(=O)(=O)c3ccc(Cl)cc3)ccc21. The van der Waals surface area contributed by atoms with E-state index in [-0.39, 0.29) is 10.8 Å². The summed E-state index contributed by atoms with van der Waals surface area (Å²) in [6.45, 7) is 2.23. The highest BCUT2D eigenvalue weighted by molar-refractivity contribution is 7.92. The molecule has 0 spiro atoms. The van der Waals surface area contributed by atoms with Crippen molar-refractivity contribution in [1.29, 1.82) is 0 Å². The van der Waals surface area contributed by atoms with Crippen LogP contribution < -0.4 is 9.62 Å². The van der Waals surface area contributed by atoms with E-state index in [4.69, 9.17) is 11.6 Å². The van der Waals surface area contributed by atoms with Crippen molar-refractivity contribution in [3.8, 4) is 0 Å². The van der Waals surface area contributed by atoms with Gasteiger partial charge >= 0.3 is 0 Å². The summed E-state index contributed by atoms with van der Waals surface area (Å²) in [6.07, 6.45) is 1.68. The molecule has 1 aliphatic heterocycles. The van der Waals surface area contributed by atoms with E-state index in [0.717, 1.165) is 24.1 Å². The number of anilines is 2. The molecular weight excluding hydrogens is 348 g/mol. The highest BCUT2D eigenvalue weighted by Crippen LogP contribution is 2.30. The first-order valence-electron chi connectivity index (χ1n) is 7.56. The monoisotopic (exact) mass is 364 g/mol. The Morgan fingerprint density at radius 1 is 1.17 bits per heavy atom. The van der Waals surface area contributed by atoms with Crippen LogP contribution in [-0.2, 0) is 21.2 Å². The van der Waals surface area contributed by atoms with E-state index >= 15 is 0 Å². The largest absolute Gasteiger partial charge is 0.312 e. The summed E-state index contributed by atoms with van der Waals surface area (Å²) in [5.41, 5.74) is 2.30. The Balaban J connectivity index is 1.89. The summed E-state index contributed by atoms with van der Waals surface area (Å²) >= 11 is 5.79. The average Bonchev–Trinajstić information content (AvgIpc) is 2.54. The molecule has 1 heterocycles. The van der Waals surface area contributed by atoms with Crippen molar-refractivity contribution in [2.24, 2.45) is 0 Å². The van der Waals surface area contributed by atoms with Gasteiger partial charge in [-0.25, -0.2) is 8.42 Å². The van der Waals surface area contributed by atoms with E-state index in [2.05, 4.69) is 4.72 Å². The molecule has 0 saturated carbocycles. The number of hydrogen-bond donors (Lipinski definition) is 1. The zero-order chi connectivity index (χ0) is 17.3. The lowest BCUT2D eigenvalue weighted by Crippen LogP contribution is -2.33. The predicted octanol–water partition coefficient (Wildman–Crippen LogP) is 3.44. The molecule has 5 nitrogen and oxygen atoms in total. The van der Waals surface area contributed by atoms with Crippen LogP contribution >= 0.6 is 11.6 Å². The maximum absolute atomic E-state index is 12.4. The van der Waals surface area contributed by atoms with E-state index in [0.29, 0.717) is 17.3 Å². The molecule has 126 valence electrons. The van der Waals surface area contributed by atoms with E-state index in [1.807, 2.05) is 0 Å². The quantitative estimate of drug-likeness (QED) is 0.907. The highest BCUT2D eigenvalue weighted by Gasteiger charge is 2.21. The average molecular weight is 365 g/mol. The zero-order valence-electron chi connectivity index (χ0n) is 13.1. The van der Waals surface area contributed by atoms with Crippen molar-refractivity contribution in [2.45, 2.75) is 24.7 Å². The lowest BCUT2D eigenvalue weighted by Gasteiger charge is -2.29. The standard InChI is InChI=1S/C17H17ClN2O3S/c1-12(21)20-10-2-3-13-11-15(6-9-17(13)20)19-24(22,23)16-7-4-14(18)5-8-16/h4-9,11,19H,2-3,10H2,1H3. The van der Waals surface area contributed by atoms with Crippen molar-refractivity contribution in [3.63, 3.8) is 0 Å². The summed E-state index contributed by atoms with van der Waals surface area (Å²) < 4.78 is 27.4. The molecule has 1 N–H and O–H groups in total. The molecular formula is C17H17ClN2O3S. The number of hydrogen-bond acceptors (Lipinski definition) is 3. The Bertz CT molecular complexity index is 879. The van der Waals surface area contributed by atoms with Gasteiger partial charge in [-0.2, -0.15) is 0 Å². The second kappa shape index (κ2) is 6.45. The minimum absolute atomic E-state index is 0.00885. The number of sulfonamides is 1. The normalized spacial score (nSPS) is 14.2. The zero-order valence-corrected chi connectivity index (χ0v) is 14.7. The molecule has 24 heavy (non-hydrogen) atoms. The van der Waals surface area contributed by atoms with Crippen LogP contribution in [0.1, 0.15) is 18.9 Å². The van der Waals surface area contributed by atoms with Crippen molar-refractivity contribution in [2.75, 3.05) is 16.2 Å². The first-order chi connectivity index (χ1) is 11.4. The number of rotatable bonds is 3. The topological polar surface area (TPSA) is 66.5 Å². The number of aryl methyl sites for hydroxylation is 1. The Labute approximate surface area is 146 Å². The van der Waals surface area contributed by atoms with Crippen LogP contribution in [0.25, 0.3) is 0 Å². The third-order valence-corrected chi connectivity index (χ3v) is 5.60. The van der Waals surface area contributed by atoms with Gasteiger partial charge in [0.25, 0.3) is 10.0 Å². The molecule has 0 unspecified atom stereocenters. The molecule has 1 amide bonds. The number of nitrogens with zero attached hydrogens (tertiary/aromatic N) is 1. The molecule has 2 aromatic carbocycles. The molecule has 0 aromatic heterocycles. The van der Waals surface area contributed by atoms with Crippen LogP contribution in [0.3, 0.4) is 0 Å². The number of amides is 1. The number of carbonyl (C=O) groups is 1. The van der Waals surface area contributed by atoms with Gasteiger partial charge < -0.3 is 4.90 Å². The molecule has 0 radical (unpaired) electrons. The summed E-state index contributed by atoms with van der Waals surface area (Å²) in [5, 5.41) is 0.479. The number of carbonyl (C=O) groups excluding carboxylic acids is 1. The van der Waals surface area contributed by atoms with Gasteiger partial charge in [0.05, 0.1) is 4.90 Å². The first kappa shape index (κ1) is 16.8. The predicted molar refractivity (Wildman–Crippen MR) is 95.1 cm³/mol. The van der Waals surface area contributed by atoms with Gasteiger partial charge in [0, 0.05) is 29.9 Å². The minimum Gasteiger partial charge on any atom is -0.312 e. The van der Waals surface area contributed by atoms with Crippen molar-refractivity contribution < 1.29 is 13.2 Å². The van der Waals surface area contributed by atoms with Crippen LogP contribution in [-0.4, -0.2) is 20.9 Å². The van der Waals surface area contributed by atoms with Crippen LogP contribution in [0.2, 0.25) is 5.02 Å². The van der Waals surface area contributed by atoms with Crippen molar-refractivity contribution >= 4 is 38.9 Å². The number of halogens is 1. The fraction of sp³-hybridized carbons (Fsp3) is 0.235. The maximum Gasteiger partial charge on any atom is 0.261 e. The fourth-order valence-corrected chi connectivity index (χ4v) is 3.99. The third kappa shape index (κ3) is 3.39. The van der Waals surface area contributed by atoms with Gasteiger partial charge in [-0.15, -0.1) is 0 Å². The van der Waals surface area contributed by atoms with Crippen LogP contribution in [0.5, 0.6) is 0 Å². The van der Waals surface area contributed by atoms with E-state index < -0.39 is 10.0 Å². The van der Waals surface area contributed by atoms with Gasteiger partial charge in [0.15, 0.2) is 0 Å². The molecule has 7 heteroatoms. The third-order valence-electron chi connectivity index (χ3n) is 3.95. The second-order valence-corrected chi connectivity index (χ2v) is 7.80. The maximum atomic E-state index is 12.4. The molecule has 0 atom stereocenters. The van der Waals surface area contributed by atoms with Gasteiger partial charge in [-0.3, -0.25) is 9.52 Å². The van der Waals surface area contributed by atoms with Gasteiger partial charge in [-0.1, -0.05) is 11.6 Å². The van der Waals surface area contributed by atoms with Crippen molar-refractivity contribution in [3.05, 3.63) is 53.1 Å². The lowest BCUT2D eigenvalue weighted by molar-refractivity contribution is -0.116. The van der Waals surface area contributed by atoms with Gasteiger partial charge in [0.2, 0.25) is 5.91 Å². The van der Waals surface area contributed by atoms with Crippen molar-refractivity contribution in [1.82, 2.24) is 0 Å². The number of nitrogens with one attached hydrogen (secondary N) is 1. The summed E-state index contributed by atoms with van der Waals surface area (Å²) in [4.78, 5) is 13.6. The fourth-order valence-electron chi connectivity index (χ4n) is 2.82. The lowest BCUT2D eigenvalue weighted by atomic mass is 10.0. The second-order valence-electron chi connectivity index (χ2n) is 5.68. The summed E-state index contributed by atoms with van der Waals surface area (Å²) in [7, 11) is -3.68. The number of fused-ring (bicyclic) bond motifs is 1. The Morgan fingerprint density at radius 2 is 1.88 bits per heavy atom. The Kier molecular flexibility index (Phi) is 4.51. The van der Waals surface area contributed by atoms with Crippen LogP contribution in [0.4, 0.5) is 11.4 Å². The first-order valence-corrected chi connectivity index (χ1v) is 9.42. The minimum atomic E-state index is -3.68. The number of benzene rings is 2. The molecule has 2 aromatic rings. The molecule has 1 aliphatic rings. The van der Waals surface area contributed by atoms with Gasteiger partial charge in [-0.05, 0) is 60.9 Å². The molecule has 0 aliphatic carbocycles. The van der Waals surface area contributed by atoms with Crippen LogP contribution in [0.15, 0.2) is 47.4 Å². The van der Waals surface area contributed by atoms with Gasteiger partial charge in [0.1, 0.15) is 0 Å². The molecule has 0 bridgehead atoms. The smallest absolute Gasteiger partial charge is 0.261 e. The Morgan fingerprint density at radius 3 is 2.54 bits per heavy atom. The molecule has 0 fully saturated rings. The summed E-state index contributed by atoms with van der Waals surface area (Å²) in [6, 6.07) is 11.2. The summed E-state index contributed by atoms with van der Waals surface area (Å²) in [5.74, 6) is -0.00885. The van der Waals surface area contributed by atoms with E-state index in [1.165, 1.54) is 31.2 Å². The Hall–Kier alpha value is -2.05. The highest BCUT2D eigenvalue weighted by atomic mass is 35.5. The van der Waals surface area contributed by atoms with Crippen LogP contribution in [0, 0.1) is 0 Å².